The number of benzene rings is 1. The lowest BCUT2D eigenvalue weighted by atomic mass is 10.2. The van der Waals surface area contributed by atoms with Gasteiger partial charge in [0.1, 0.15) is 11.6 Å². The third-order valence-corrected chi connectivity index (χ3v) is 2.75. The maximum atomic E-state index is 11.9. The largest absolute Gasteiger partial charge is 0.461 e. The van der Waals surface area contributed by atoms with Gasteiger partial charge in [0.2, 0.25) is 0 Å². The van der Waals surface area contributed by atoms with Crippen LogP contribution in [0.15, 0.2) is 27.4 Å². The van der Waals surface area contributed by atoms with Gasteiger partial charge in [0, 0.05) is 0 Å². The van der Waals surface area contributed by atoms with Gasteiger partial charge in [-0.25, -0.2) is 9.59 Å². The summed E-state index contributed by atoms with van der Waals surface area (Å²) in [5, 5.41) is 0. The van der Waals surface area contributed by atoms with Crippen molar-refractivity contribution in [1.82, 2.24) is 4.57 Å². The van der Waals surface area contributed by atoms with Crippen LogP contribution in [0.25, 0.3) is 11.1 Å². The summed E-state index contributed by atoms with van der Waals surface area (Å²) in [5.74, 6) is -1.12. The Balaban J connectivity index is 2.53. The number of esters is 1. The number of carbonyl (C=O) groups is 1. The van der Waals surface area contributed by atoms with E-state index in [1.54, 1.807) is 39.0 Å². The van der Waals surface area contributed by atoms with Gasteiger partial charge < -0.3 is 14.9 Å². The van der Waals surface area contributed by atoms with E-state index in [0.717, 1.165) is 0 Å². The number of para-hydroxylation sites is 1. The highest BCUT2D eigenvalue weighted by atomic mass is 16.5. The molecule has 0 saturated heterocycles. The first-order valence-electron chi connectivity index (χ1n) is 6.02. The number of oxazole rings is 1. The summed E-state index contributed by atoms with van der Waals surface area (Å²) in [7, 11) is 0. The zero-order valence-electron chi connectivity index (χ0n) is 11.0. The molecule has 6 heteroatoms. The Bertz CT molecular complexity index is 669. The average molecular weight is 264 g/mol. The van der Waals surface area contributed by atoms with Crippen molar-refractivity contribution in [2.75, 3.05) is 5.73 Å². The average Bonchev–Trinajstić information content (AvgIpc) is 2.65. The molecule has 2 N–H and O–H groups in total. The third kappa shape index (κ3) is 2.33. The summed E-state index contributed by atoms with van der Waals surface area (Å²) in [4.78, 5) is 23.8. The number of hydrogen-bond acceptors (Lipinski definition) is 5. The van der Waals surface area contributed by atoms with Crippen LogP contribution in [0, 0.1) is 0 Å². The van der Waals surface area contributed by atoms with Crippen molar-refractivity contribution in [2.24, 2.45) is 0 Å². The van der Waals surface area contributed by atoms with Gasteiger partial charge in [0.05, 0.1) is 11.8 Å². The molecule has 0 radical (unpaired) electrons. The molecule has 0 spiro atoms. The van der Waals surface area contributed by atoms with Crippen LogP contribution in [0.5, 0.6) is 0 Å². The molecule has 102 valence electrons. The van der Waals surface area contributed by atoms with Crippen LogP contribution in [-0.2, 0) is 9.53 Å². The van der Waals surface area contributed by atoms with E-state index in [1.165, 1.54) is 4.57 Å². The molecule has 1 unspecified atom stereocenters. The van der Waals surface area contributed by atoms with E-state index in [9.17, 15) is 9.59 Å². The van der Waals surface area contributed by atoms with E-state index in [0.29, 0.717) is 16.8 Å². The van der Waals surface area contributed by atoms with Crippen LogP contribution in [0.2, 0.25) is 0 Å². The Morgan fingerprint density at radius 3 is 2.68 bits per heavy atom. The minimum atomic E-state index is -0.791. The molecule has 0 aliphatic carbocycles. The number of aromatic nitrogens is 1. The smallest absolute Gasteiger partial charge is 0.420 e. The predicted molar refractivity (Wildman–Crippen MR) is 70.8 cm³/mol. The summed E-state index contributed by atoms with van der Waals surface area (Å²) < 4.78 is 11.4. The van der Waals surface area contributed by atoms with Crippen molar-refractivity contribution >= 4 is 22.8 Å². The second-order valence-electron chi connectivity index (χ2n) is 4.59. The molecule has 0 aliphatic heterocycles. The molecule has 19 heavy (non-hydrogen) atoms. The van der Waals surface area contributed by atoms with Gasteiger partial charge in [-0.15, -0.1) is 0 Å². The highest BCUT2D eigenvalue weighted by Crippen LogP contribution is 2.23. The molecule has 0 saturated carbocycles. The number of nitrogens with two attached hydrogens (primary N) is 1. The van der Waals surface area contributed by atoms with Gasteiger partial charge in [-0.3, -0.25) is 4.57 Å². The van der Waals surface area contributed by atoms with Crippen molar-refractivity contribution in [3.8, 4) is 0 Å². The molecule has 1 heterocycles. The molecule has 0 amide bonds. The van der Waals surface area contributed by atoms with Gasteiger partial charge in [-0.1, -0.05) is 6.07 Å². The first-order chi connectivity index (χ1) is 8.91. The molecule has 1 atom stereocenters. The lowest BCUT2D eigenvalue weighted by Crippen LogP contribution is -2.28. The Labute approximate surface area is 109 Å². The zero-order chi connectivity index (χ0) is 14.2. The number of fused-ring (bicyclic) bond motifs is 1. The molecular weight excluding hydrogens is 248 g/mol. The quantitative estimate of drug-likeness (QED) is 0.673. The third-order valence-electron chi connectivity index (χ3n) is 2.75. The van der Waals surface area contributed by atoms with Crippen LogP contribution in [0.1, 0.15) is 26.8 Å². The molecule has 2 aromatic rings. The maximum absolute atomic E-state index is 11.9. The topological polar surface area (TPSA) is 87.5 Å². The SMILES string of the molecule is CC(C)OC(=O)C(C)n1c(=O)oc2cccc(N)c21. The lowest BCUT2D eigenvalue weighted by molar-refractivity contribution is -0.150. The van der Waals surface area contributed by atoms with Gasteiger partial charge in [0.25, 0.3) is 0 Å². The molecule has 6 nitrogen and oxygen atoms in total. The van der Waals surface area contributed by atoms with Crippen molar-refractivity contribution in [3.63, 3.8) is 0 Å². The van der Waals surface area contributed by atoms with E-state index < -0.39 is 17.8 Å². The summed E-state index contributed by atoms with van der Waals surface area (Å²) in [6.07, 6.45) is -0.249. The molecule has 2 rings (SSSR count). The Morgan fingerprint density at radius 2 is 2.05 bits per heavy atom. The van der Waals surface area contributed by atoms with Crippen LogP contribution in [0.4, 0.5) is 5.69 Å². The Morgan fingerprint density at radius 1 is 1.37 bits per heavy atom. The molecule has 1 aromatic carbocycles. The zero-order valence-corrected chi connectivity index (χ0v) is 11.0. The van der Waals surface area contributed by atoms with Crippen LogP contribution < -0.4 is 11.5 Å². The number of anilines is 1. The summed E-state index contributed by atoms with van der Waals surface area (Å²) in [5.41, 5.74) is 6.99. The number of nitrogen functional groups attached to an aromatic ring is 1. The monoisotopic (exact) mass is 264 g/mol. The second kappa shape index (κ2) is 4.79. The highest BCUT2D eigenvalue weighted by molar-refractivity contribution is 5.87. The highest BCUT2D eigenvalue weighted by Gasteiger charge is 2.24. The number of ether oxygens (including phenoxy) is 1. The number of nitrogens with zero attached hydrogens (tertiary/aromatic N) is 1. The van der Waals surface area contributed by atoms with E-state index >= 15 is 0 Å². The Kier molecular flexibility index (Phi) is 3.33. The minimum Gasteiger partial charge on any atom is -0.461 e. The Hall–Kier alpha value is -2.24. The molecule has 0 aliphatic rings. The predicted octanol–water partition coefficient (Wildman–Crippen LogP) is 1.69. The fraction of sp³-hybridized carbons (Fsp3) is 0.385. The molecule has 0 fully saturated rings. The first kappa shape index (κ1) is 13.2. The normalized spacial score (nSPS) is 12.8. The van der Waals surface area contributed by atoms with E-state index in [-0.39, 0.29) is 6.10 Å². The maximum Gasteiger partial charge on any atom is 0.420 e. The van der Waals surface area contributed by atoms with Crippen LogP contribution in [0.3, 0.4) is 0 Å². The molecule has 0 bridgehead atoms. The molecular formula is C13H16N2O4. The lowest BCUT2D eigenvalue weighted by Gasteiger charge is -2.14. The van der Waals surface area contributed by atoms with Gasteiger partial charge in [0.15, 0.2) is 5.58 Å². The van der Waals surface area contributed by atoms with Crippen molar-refractivity contribution < 1.29 is 13.9 Å². The standard InChI is InChI=1S/C13H16N2O4/c1-7(2)18-12(16)8(3)15-11-9(14)5-4-6-10(11)19-13(15)17/h4-8H,14H2,1-3H3. The van der Waals surface area contributed by atoms with Crippen LogP contribution >= 0.6 is 0 Å². The minimum absolute atomic E-state index is 0.249. The number of carbonyl (C=O) groups excluding carboxylic acids is 1. The fourth-order valence-corrected chi connectivity index (χ4v) is 1.90. The summed E-state index contributed by atoms with van der Waals surface area (Å²) in [6.45, 7) is 5.07. The van der Waals surface area contributed by atoms with E-state index in [1.807, 2.05) is 0 Å². The van der Waals surface area contributed by atoms with Crippen molar-refractivity contribution in [3.05, 3.63) is 28.7 Å². The van der Waals surface area contributed by atoms with Crippen molar-refractivity contribution in [1.29, 1.82) is 0 Å². The second-order valence-corrected chi connectivity index (χ2v) is 4.59. The van der Waals surface area contributed by atoms with E-state index in [2.05, 4.69) is 0 Å². The van der Waals surface area contributed by atoms with Crippen LogP contribution in [-0.4, -0.2) is 16.6 Å². The van der Waals surface area contributed by atoms with Gasteiger partial charge in [-0.2, -0.15) is 0 Å². The number of hydrogen-bond donors (Lipinski definition) is 1. The number of rotatable bonds is 3. The molecule has 1 aromatic heterocycles. The summed E-state index contributed by atoms with van der Waals surface area (Å²) >= 11 is 0. The first-order valence-corrected chi connectivity index (χ1v) is 6.02. The fourth-order valence-electron chi connectivity index (χ4n) is 1.90. The van der Waals surface area contributed by atoms with E-state index in [4.69, 9.17) is 14.9 Å². The van der Waals surface area contributed by atoms with Gasteiger partial charge in [-0.05, 0) is 32.9 Å². The van der Waals surface area contributed by atoms with Crippen molar-refractivity contribution in [2.45, 2.75) is 32.9 Å². The van der Waals surface area contributed by atoms with Gasteiger partial charge >= 0.3 is 11.7 Å². The summed E-state index contributed by atoms with van der Waals surface area (Å²) in [6, 6.07) is 4.17.